The Morgan fingerprint density at radius 3 is 2.16 bits per heavy atom. The number of nitrogens with one attached hydrogen (secondary N) is 2. The molecule has 0 spiro atoms. The lowest BCUT2D eigenvalue weighted by atomic mass is 9.93. The first kappa shape index (κ1) is 25.2. The van der Waals surface area contributed by atoms with Crippen molar-refractivity contribution >= 4 is 0 Å². The zero-order chi connectivity index (χ0) is 22.5. The Morgan fingerprint density at radius 1 is 0.839 bits per heavy atom. The lowest BCUT2D eigenvalue weighted by Crippen LogP contribution is -2.44. The van der Waals surface area contributed by atoms with Gasteiger partial charge in [0.25, 0.3) is 0 Å². The molecule has 0 bridgehead atoms. The average molecular weight is 427 g/mol. The van der Waals surface area contributed by atoms with Gasteiger partial charge in [-0.3, -0.25) is 0 Å². The van der Waals surface area contributed by atoms with Crippen molar-refractivity contribution in [1.29, 1.82) is 0 Å². The fourth-order valence-electron chi connectivity index (χ4n) is 4.13. The van der Waals surface area contributed by atoms with Crippen LogP contribution in [-0.2, 0) is 12.8 Å². The largest absolute Gasteiger partial charge is 0.493 e. The zero-order valence-electron chi connectivity index (χ0n) is 20.2. The number of methoxy groups -OCH3 is 2. The van der Waals surface area contributed by atoms with Crippen LogP contribution in [0.5, 0.6) is 11.5 Å². The third kappa shape index (κ3) is 8.19. The summed E-state index contributed by atoms with van der Waals surface area (Å²) in [5, 5.41) is 7.50. The Balaban J connectivity index is 1.95. The Morgan fingerprint density at radius 2 is 1.55 bits per heavy atom. The van der Waals surface area contributed by atoms with Crippen LogP contribution in [0.1, 0.15) is 69.1 Å². The van der Waals surface area contributed by atoms with Gasteiger partial charge in [-0.2, -0.15) is 0 Å². The van der Waals surface area contributed by atoms with Crippen LogP contribution in [0.25, 0.3) is 0 Å². The predicted octanol–water partition coefficient (Wildman–Crippen LogP) is 5.70. The molecule has 0 saturated heterocycles. The molecule has 1 atom stereocenters. The van der Waals surface area contributed by atoms with E-state index >= 15 is 0 Å². The minimum atomic E-state index is 0.345. The number of ether oxygens (including phenoxy) is 2. The van der Waals surface area contributed by atoms with Gasteiger partial charge in [-0.1, -0.05) is 76.4 Å². The first-order valence-corrected chi connectivity index (χ1v) is 11.8. The van der Waals surface area contributed by atoms with E-state index in [-0.39, 0.29) is 0 Å². The summed E-state index contributed by atoms with van der Waals surface area (Å²) in [7, 11) is 3.43. The minimum Gasteiger partial charge on any atom is -0.493 e. The summed E-state index contributed by atoms with van der Waals surface area (Å²) in [6.07, 6.45) is 7.31. The van der Waals surface area contributed by atoms with Crippen molar-refractivity contribution in [3.05, 3.63) is 59.2 Å². The normalized spacial score (nSPS) is 12.2. The maximum atomic E-state index is 5.70. The van der Waals surface area contributed by atoms with Gasteiger partial charge in [-0.25, -0.2) is 0 Å². The molecule has 0 amide bonds. The van der Waals surface area contributed by atoms with Crippen LogP contribution in [0.2, 0.25) is 0 Å². The van der Waals surface area contributed by atoms with Crippen LogP contribution < -0.4 is 20.1 Å². The molecule has 4 nitrogen and oxygen atoms in total. The minimum absolute atomic E-state index is 0.345. The standard InChI is InChI=1S/C27H42N2O2/c1-6-7-9-14-25(28-19-17-22-12-10-8-11-13-22)29-20-18-23-15-16-24(30-4)27(31-5)26(23)21(2)3/h8,10-13,15-16,21,25,28-29H,6-7,9,14,17-20H2,1-5H3. The molecule has 0 fully saturated rings. The van der Waals surface area contributed by atoms with Gasteiger partial charge in [-0.15, -0.1) is 0 Å². The molecule has 2 rings (SSSR count). The van der Waals surface area contributed by atoms with Crippen LogP contribution in [-0.4, -0.2) is 33.5 Å². The monoisotopic (exact) mass is 426 g/mol. The van der Waals surface area contributed by atoms with Gasteiger partial charge in [0.2, 0.25) is 0 Å². The highest BCUT2D eigenvalue weighted by Crippen LogP contribution is 2.38. The average Bonchev–Trinajstić information content (AvgIpc) is 2.78. The smallest absolute Gasteiger partial charge is 0.164 e. The molecule has 0 aromatic heterocycles. The van der Waals surface area contributed by atoms with E-state index in [4.69, 9.17) is 9.47 Å². The van der Waals surface area contributed by atoms with Gasteiger partial charge in [0.1, 0.15) is 0 Å². The first-order valence-electron chi connectivity index (χ1n) is 11.8. The molecule has 0 saturated carbocycles. The van der Waals surface area contributed by atoms with Crippen LogP contribution in [0.3, 0.4) is 0 Å². The maximum absolute atomic E-state index is 5.70. The summed E-state index contributed by atoms with van der Waals surface area (Å²) in [6.45, 7) is 8.61. The molecular weight excluding hydrogens is 384 g/mol. The van der Waals surface area contributed by atoms with Gasteiger partial charge in [0.15, 0.2) is 11.5 Å². The third-order valence-corrected chi connectivity index (χ3v) is 5.78. The Bertz CT molecular complexity index is 746. The van der Waals surface area contributed by atoms with E-state index in [1.807, 2.05) is 6.07 Å². The second-order valence-corrected chi connectivity index (χ2v) is 8.47. The van der Waals surface area contributed by atoms with Crippen LogP contribution in [0, 0.1) is 0 Å². The summed E-state index contributed by atoms with van der Waals surface area (Å²) >= 11 is 0. The summed E-state index contributed by atoms with van der Waals surface area (Å²) in [6, 6.07) is 14.9. The lowest BCUT2D eigenvalue weighted by Gasteiger charge is -2.22. The molecule has 31 heavy (non-hydrogen) atoms. The van der Waals surface area contributed by atoms with Crippen molar-refractivity contribution < 1.29 is 9.47 Å². The second kappa shape index (κ2) is 14.1. The van der Waals surface area contributed by atoms with Crippen molar-refractivity contribution in [2.45, 2.75) is 71.4 Å². The number of rotatable bonds is 15. The summed E-state index contributed by atoms with van der Waals surface area (Å²) in [4.78, 5) is 0. The van der Waals surface area contributed by atoms with E-state index in [9.17, 15) is 0 Å². The zero-order valence-corrected chi connectivity index (χ0v) is 20.2. The molecule has 0 aliphatic carbocycles. The number of benzene rings is 2. The highest BCUT2D eigenvalue weighted by molar-refractivity contribution is 5.52. The molecule has 0 aliphatic heterocycles. The Labute approximate surface area is 189 Å². The van der Waals surface area contributed by atoms with Gasteiger partial charge in [0.05, 0.1) is 20.4 Å². The van der Waals surface area contributed by atoms with Gasteiger partial charge in [0, 0.05) is 18.7 Å². The van der Waals surface area contributed by atoms with E-state index < -0.39 is 0 Å². The SMILES string of the molecule is CCCCCC(NCCc1ccccc1)NCCc1ccc(OC)c(OC)c1C(C)C. The predicted molar refractivity (Wildman–Crippen MR) is 131 cm³/mol. The van der Waals surface area contributed by atoms with E-state index in [1.165, 1.54) is 36.0 Å². The highest BCUT2D eigenvalue weighted by atomic mass is 16.5. The number of hydrogen-bond acceptors (Lipinski definition) is 4. The van der Waals surface area contributed by atoms with Crippen molar-refractivity contribution in [3.8, 4) is 11.5 Å². The topological polar surface area (TPSA) is 42.5 Å². The van der Waals surface area contributed by atoms with E-state index in [2.05, 4.69) is 67.8 Å². The van der Waals surface area contributed by atoms with E-state index in [1.54, 1.807) is 14.2 Å². The Hall–Kier alpha value is -2.04. The van der Waals surface area contributed by atoms with Crippen LogP contribution >= 0.6 is 0 Å². The molecule has 2 aromatic carbocycles. The van der Waals surface area contributed by atoms with Crippen molar-refractivity contribution in [3.63, 3.8) is 0 Å². The van der Waals surface area contributed by atoms with Gasteiger partial charge >= 0.3 is 0 Å². The molecule has 0 aliphatic rings. The molecule has 2 aromatic rings. The fourth-order valence-corrected chi connectivity index (χ4v) is 4.13. The molecule has 4 heteroatoms. The van der Waals surface area contributed by atoms with Crippen LogP contribution in [0.4, 0.5) is 0 Å². The summed E-state index contributed by atoms with van der Waals surface area (Å²) < 4.78 is 11.2. The molecule has 172 valence electrons. The lowest BCUT2D eigenvalue weighted by molar-refractivity contribution is 0.349. The summed E-state index contributed by atoms with van der Waals surface area (Å²) in [5.41, 5.74) is 3.97. The molecule has 1 unspecified atom stereocenters. The van der Waals surface area contributed by atoms with Crippen molar-refractivity contribution in [1.82, 2.24) is 10.6 Å². The third-order valence-electron chi connectivity index (χ3n) is 5.78. The Kier molecular flexibility index (Phi) is 11.5. The van der Waals surface area contributed by atoms with Crippen molar-refractivity contribution in [2.24, 2.45) is 0 Å². The van der Waals surface area contributed by atoms with Gasteiger partial charge in [-0.05, 0) is 42.4 Å². The quantitative estimate of drug-likeness (QED) is 0.283. The van der Waals surface area contributed by atoms with Crippen LogP contribution in [0.15, 0.2) is 42.5 Å². The summed E-state index contributed by atoms with van der Waals surface area (Å²) in [5.74, 6) is 2.06. The molecule has 0 heterocycles. The second-order valence-electron chi connectivity index (χ2n) is 8.47. The highest BCUT2D eigenvalue weighted by Gasteiger charge is 2.18. The molecule has 0 radical (unpaired) electrons. The van der Waals surface area contributed by atoms with Crippen molar-refractivity contribution in [2.75, 3.05) is 27.3 Å². The van der Waals surface area contributed by atoms with E-state index in [0.717, 1.165) is 43.9 Å². The molecular formula is C27H42N2O2. The van der Waals surface area contributed by atoms with Gasteiger partial charge < -0.3 is 20.1 Å². The maximum Gasteiger partial charge on any atom is 0.164 e. The number of hydrogen-bond donors (Lipinski definition) is 2. The van der Waals surface area contributed by atoms with E-state index in [0.29, 0.717) is 12.1 Å². The molecule has 2 N–H and O–H groups in total. The fraction of sp³-hybridized carbons (Fsp3) is 0.556. The number of unbranched alkanes of at least 4 members (excludes halogenated alkanes) is 2. The first-order chi connectivity index (χ1) is 15.1.